The molecule has 86 valence electrons. The van der Waals surface area contributed by atoms with Crippen LogP contribution in [0.25, 0.3) is 0 Å². The number of nitrogens with zero attached hydrogens (tertiary/aromatic N) is 2. The number of fused-ring (bicyclic) bond motifs is 4. The second kappa shape index (κ2) is 3.46. The van der Waals surface area contributed by atoms with Crippen LogP contribution in [0, 0.1) is 0 Å². The molecule has 0 saturated carbocycles. The molecule has 3 heterocycles. The summed E-state index contributed by atoms with van der Waals surface area (Å²) in [4.78, 5) is 15.0. The molecule has 5 nitrogen and oxygen atoms in total. The average molecular weight is 243 g/mol. The molecule has 0 aliphatic carbocycles. The second-order valence-electron chi connectivity index (χ2n) is 4.17. The molecule has 2 bridgehead atoms. The zero-order valence-electron chi connectivity index (χ0n) is 8.56. The monoisotopic (exact) mass is 242 g/mol. The fourth-order valence-electron chi connectivity index (χ4n) is 2.15. The zero-order chi connectivity index (χ0) is 11.2. The van der Waals surface area contributed by atoms with Crippen molar-refractivity contribution in [2.75, 3.05) is 12.5 Å². The summed E-state index contributed by atoms with van der Waals surface area (Å²) in [6.45, 7) is 0.351. The third-order valence-corrected chi connectivity index (χ3v) is 3.54. The van der Waals surface area contributed by atoms with Gasteiger partial charge in [0.1, 0.15) is 18.4 Å². The molecule has 0 amide bonds. The van der Waals surface area contributed by atoms with Crippen LogP contribution in [0.1, 0.15) is 19.1 Å². The van der Waals surface area contributed by atoms with Crippen molar-refractivity contribution in [2.24, 2.45) is 0 Å². The summed E-state index contributed by atoms with van der Waals surface area (Å²) in [7, 11) is 0. The Balaban J connectivity index is 2.05. The van der Waals surface area contributed by atoms with E-state index >= 15 is 0 Å². The van der Waals surface area contributed by atoms with Crippen molar-refractivity contribution in [3.8, 4) is 6.01 Å². The second-order valence-corrected chi connectivity index (χ2v) is 4.44. The van der Waals surface area contributed by atoms with E-state index in [1.807, 2.05) is 0 Å². The maximum Gasteiger partial charge on any atom is 0.301 e. The largest absolute Gasteiger partial charge is 0.461 e. The van der Waals surface area contributed by atoms with E-state index in [0.717, 1.165) is 12.8 Å². The lowest BCUT2D eigenvalue weighted by atomic mass is 10.0. The number of alkyl halides is 1. The summed E-state index contributed by atoms with van der Waals surface area (Å²) in [6.07, 6.45) is 3.27. The lowest BCUT2D eigenvalue weighted by molar-refractivity contribution is -0.0603. The smallest absolute Gasteiger partial charge is 0.301 e. The van der Waals surface area contributed by atoms with Crippen molar-refractivity contribution in [1.29, 1.82) is 0 Å². The maximum atomic E-state index is 11.1. The number of hydrogen-bond acceptors (Lipinski definition) is 4. The first-order valence-corrected chi connectivity index (χ1v) is 5.72. The van der Waals surface area contributed by atoms with Gasteiger partial charge < -0.3 is 9.47 Å². The number of aromatic nitrogens is 2. The minimum atomic E-state index is -0.428. The van der Waals surface area contributed by atoms with Gasteiger partial charge in [-0.25, -0.2) is 0 Å². The standard InChI is InChI=1S/C10H11ClN2O3/c11-5-10-3-1-8(16-10)13-4-2-7(14)12-9(13)15-6-10/h2,4,8H,1,3,5-6H2. The van der Waals surface area contributed by atoms with Gasteiger partial charge in [0.15, 0.2) is 0 Å². The van der Waals surface area contributed by atoms with Gasteiger partial charge in [0.25, 0.3) is 5.56 Å². The summed E-state index contributed by atoms with van der Waals surface area (Å²) in [5.74, 6) is 0.391. The van der Waals surface area contributed by atoms with E-state index in [0.29, 0.717) is 18.5 Å². The number of hydrogen-bond donors (Lipinski definition) is 0. The van der Waals surface area contributed by atoms with Gasteiger partial charge in [0, 0.05) is 12.3 Å². The number of rotatable bonds is 1. The van der Waals surface area contributed by atoms with Crippen molar-refractivity contribution < 1.29 is 9.47 Å². The molecule has 3 rings (SSSR count). The lowest BCUT2D eigenvalue weighted by Crippen LogP contribution is -2.36. The van der Waals surface area contributed by atoms with Crippen LogP contribution in [0.15, 0.2) is 17.1 Å². The van der Waals surface area contributed by atoms with E-state index in [4.69, 9.17) is 21.1 Å². The molecule has 0 spiro atoms. The average Bonchev–Trinajstić information content (AvgIpc) is 2.64. The van der Waals surface area contributed by atoms with E-state index in [9.17, 15) is 4.79 Å². The van der Waals surface area contributed by atoms with Gasteiger partial charge in [-0.1, -0.05) is 0 Å². The van der Waals surface area contributed by atoms with Crippen molar-refractivity contribution in [1.82, 2.24) is 9.55 Å². The van der Waals surface area contributed by atoms with Crippen LogP contribution in [0.2, 0.25) is 0 Å². The molecule has 1 aromatic heterocycles. The Morgan fingerprint density at radius 3 is 3.38 bits per heavy atom. The summed E-state index contributed by atoms with van der Waals surface area (Å²) in [6, 6.07) is 1.73. The Hall–Kier alpha value is -1.07. The van der Waals surface area contributed by atoms with Gasteiger partial charge in [-0.05, 0) is 12.8 Å². The molecular weight excluding hydrogens is 232 g/mol. The molecule has 16 heavy (non-hydrogen) atoms. The van der Waals surface area contributed by atoms with E-state index in [2.05, 4.69) is 4.98 Å². The SMILES string of the molecule is O=c1ccn2c(n1)OCC1(CCl)CCC2O1. The molecule has 2 atom stereocenters. The van der Waals surface area contributed by atoms with E-state index in [-0.39, 0.29) is 11.8 Å². The zero-order valence-corrected chi connectivity index (χ0v) is 9.31. The highest BCUT2D eigenvalue weighted by Crippen LogP contribution is 2.40. The molecule has 1 aromatic rings. The van der Waals surface area contributed by atoms with Crippen LogP contribution in [-0.2, 0) is 4.74 Å². The van der Waals surface area contributed by atoms with Crippen LogP contribution in [0.3, 0.4) is 0 Å². The van der Waals surface area contributed by atoms with E-state index < -0.39 is 5.60 Å². The summed E-state index contributed by atoms with van der Waals surface area (Å²) < 4.78 is 13.1. The normalized spacial score (nSPS) is 31.7. The molecule has 0 radical (unpaired) electrons. The topological polar surface area (TPSA) is 53.4 Å². The first-order valence-electron chi connectivity index (χ1n) is 5.18. The molecule has 2 aliphatic heterocycles. The first-order chi connectivity index (χ1) is 7.72. The highest BCUT2D eigenvalue weighted by atomic mass is 35.5. The fourth-order valence-corrected chi connectivity index (χ4v) is 2.42. The molecule has 1 saturated heterocycles. The highest BCUT2D eigenvalue weighted by molar-refractivity contribution is 6.18. The van der Waals surface area contributed by atoms with Gasteiger partial charge in [-0.2, -0.15) is 4.98 Å². The first kappa shape index (κ1) is 10.1. The van der Waals surface area contributed by atoms with E-state index in [1.165, 1.54) is 6.07 Å². The quantitative estimate of drug-likeness (QED) is 0.688. The number of halogens is 1. The molecule has 6 heteroatoms. The van der Waals surface area contributed by atoms with Crippen LogP contribution in [-0.4, -0.2) is 27.6 Å². The highest BCUT2D eigenvalue weighted by Gasteiger charge is 2.44. The van der Waals surface area contributed by atoms with Crippen molar-refractivity contribution in [2.45, 2.75) is 24.7 Å². The third-order valence-electron chi connectivity index (χ3n) is 3.06. The van der Waals surface area contributed by atoms with Gasteiger partial charge in [0.2, 0.25) is 0 Å². The van der Waals surface area contributed by atoms with Gasteiger partial charge in [-0.15, -0.1) is 11.6 Å². The number of ether oxygens (including phenoxy) is 2. The van der Waals surface area contributed by atoms with Crippen LogP contribution in [0.5, 0.6) is 6.01 Å². The van der Waals surface area contributed by atoms with Crippen LogP contribution in [0.4, 0.5) is 0 Å². The van der Waals surface area contributed by atoms with Crippen LogP contribution < -0.4 is 10.3 Å². The predicted octanol–water partition coefficient (Wildman–Crippen LogP) is 0.922. The van der Waals surface area contributed by atoms with Crippen molar-refractivity contribution in [3.05, 3.63) is 22.6 Å². The predicted molar refractivity (Wildman–Crippen MR) is 56.8 cm³/mol. The Morgan fingerprint density at radius 1 is 1.69 bits per heavy atom. The molecule has 1 fully saturated rings. The minimum absolute atomic E-state index is 0.121. The van der Waals surface area contributed by atoms with Gasteiger partial charge >= 0.3 is 6.01 Å². The van der Waals surface area contributed by atoms with E-state index in [1.54, 1.807) is 10.8 Å². The molecule has 2 aliphatic rings. The Labute approximate surface area is 97.0 Å². The van der Waals surface area contributed by atoms with Crippen LogP contribution >= 0.6 is 11.6 Å². The molecular formula is C10H11ClN2O3. The summed E-state index contributed by atoms with van der Waals surface area (Å²) >= 11 is 5.91. The van der Waals surface area contributed by atoms with Gasteiger partial charge in [0.05, 0.1) is 5.88 Å². The lowest BCUT2D eigenvalue weighted by Gasteiger charge is -2.23. The Morgan fingerprint density at radius 2 is 2.56 bits per heavy atom. The fraction of sp³-hybridized carbons (Fsp3) is 0.600. The maximum absolute atomic E-state index is 11.1. The summed E-state index contributed by atoms with van der Waals surface area (Å²) in [5, 5.41) is 0. The minimum Gasteiger partial charge on any atom is -0.461 e. The van der Waals surface area contributed by atoms with Crippen molar-refractivity contribution in [3.63, 3.8) is 0 Å². The molecule has 0 N–H and O–H groups in total. The summed E-state index contributed by atoms with van der Waals surface area (Å²) in [5.41, 5.74) is -0.730. The van der Waals surface area contributed by atoms with Gasteiger partial charge in [-0.3, -0.25) is 9.36 Å². The Bertz CT molecular complexity index is 475. The third kappa shape index (κ3) is 1.43. The Kier molecular flexibility index (Phi) is 2.19. The molecule has 0 aromatic carbocycles. The molecule has 2 unspecified atom stereocenters. The van der Waals surface area contributed by atoms with Crippen molar-refractivity contribution >= 4 is 11.6 Å².